The van der Waals surface area contributed by atoms with Crippen molar-refractivity contribution in [1.29, 1.82) is 0 Å². The fourth-order valence-corrected chi connectivity index (χ4v) is 4.14. The Morgan fingerprint density at radius 3 is 2.76 bits per heavy atom. The molecule has 1 nitrogen and oxygen atoms in total. The summed E-state index contributed by atoms with van der Waals surface area (Å²) in [6.07, 6.45) is 3.78. The van der Waals surface area contributed by atoms with Crippen LogP contribution in [0.15, 0.2) is 40.9 Å². The van der Waals surface area contributed by atoms with Crippen molar-refractivity contribution in [3.05, 3.63) is 66.7 Å². The molecule has 2 aromatic rings. The van der Waals surface area contributed by atoms with Gasteiger partial charge in [-0.25, -0.2) is 0 Å². The zero-order valence-electron chi connectivity index (χ0n) is 12.1. The van der Waals surface area contributed by atoms with Crippen LogP contribution in [0.5, 0.6) is 0 Å². The van der Waals surface area contributed by atoms with E-state index >= 15 is 0 Å². The minimum atomic E-state index is 0.269. The summed E-state index contributed by atoms with van der Waals surface area (Å²) < 4.78 is 2.45. The summed E-state index contributed by atoms with van der Waals surface area (Å²) in [5.74, 6) is 0. The molecular formula is C18H19BrIN. The van der Waals surface area contributed by atoms with Gasteiger partial charge in [0.25, 0.3) is 0 Å². The molecule has 0 fully saturated rings. The lowest BCUT2D eigenvalue weighted by Gasteiger charge is -2.21. The predicted molar refractivity (Wildman–Crippen MR) is 101 cm³/mol. The first-order chi connectivity index (χ1) is 10.2. The van der Waals surface area contributed by atoms with Gasteiger partial charge in [-0.3, -0.25) is 0 Å². The fraction of sp³-hybridized carbons (Fsp3) is 0.333. The molecule has 1 aliphatic rings. The zero-order chi connectivity index (χ0) is 14.8. The van der Waals surface area contributed by atoms with E-state index in [0.29, 0.717) is 0 Å². The van der Waals surface area contributed by atoms with Crippen LogP contribution < -0.4 is 5.32 Å². The first-order valence-electron chi connectivity index (χ1n) is 7.49. The average molecular weight is 456 g/mol. The first kappa shape index (κ1) is 15.5. The molecule has 0 radical (unpaired) electrons. The maximum absolute atomic E-state index is 3.65. The molecule has 0 saturated heterocycles. The summed E-state index contributed by atoms with van der Waals surface area (Å²) in [5.41, 5.74) is 5.82. The Morgan fingerprint density at radius 2 is 1.95 bits per heavy atom. The minimum Gasteiger partial charge on any atom is -0.306 e. The van der Waals surface area contributed by atoms with Crippen molar-refractivity contribution in [3.8, 4) is 0 Å². The maximum atomic E-state index is 3.65. The highest BCUT2D eigenvalue weighted by atomic mass is 127. The Bertz CT molecular complexity index is 654. The van der Waals surface area contributed by atoms with Crippen LogP contribution in [0, 0.1) is 3.57 Å². The van der Waals surface area contributed by atoms with Gasteiger partial charge in [0.1, 0.15) is 0 Å². The lowest BCUT2D eigenvalue weighted by Crippen LogP contribution is -2.23. The molecule has 110 valence electrons. The molecule has 21 heavy (non-hydrogen) atoms. The summed E-state index contributed by atoms with van der Waals surface area (Å²) in [5, 5.41) is 3.65. The van der Waals surface area contributed by atoms with Gasteiger partial charge in [-0.05, 0) is 88.9 Å². The molecule has 0 heterocycles. The molecule has 1 atom stereocenters. The Labute approximate surface area is 148 Å². The molecule has 3 heteroatoms. The fourth-order valence-electron chi connectivity index (χ4n) is 3.12. The number of benzene rings is 2. The molecule has 3 rings (SSSR count). The Hall–Kier alpha value is -0.390. The second kappa shape index (κ2) is 6.80. The lowest BCUT2D eigenvalue weighted by molar-refractivity contribution is 0.627. The maximum Gasteiger partial charge on any atom is 0.0587 e. The first-order valence-corrected chi connectivity index (χ1v) is 9.36. The SMILES string of the molecule is CCNC(c1ccc2c(c1)CCC2)c1cc(Br)ccc1I. The second-order valence-electron chi connectivity index (χ2n) is 5.54. The van der Waals surface area contributed by atoms with Gasteiger partial charge in [0.2, 0.25) is 0 Å². The van der Waals surface area contributed by atoms with Gasteiger partial charge in [-0.15, -0.1) is 0 Å². The minimum absolute atomic E-state index is 0.269. The van der Waals surface area contributed by atoms with Crippen molar-refractivity contribution in [3.63, 3.8) is 0 Å². The highest BCUT2D eigenvalue weighted by molar-refractivity contribution is 14.1. The van der Waals surface area contributed by atoms with Gasteiger partial charge in [-0.2, -0.15) is 0 Å². The van der Waals surface area contributed by atoms with Gasteiger partial charge >= 0.3 is 0 Å². The highest BCUT2D eigenvalue weighted by Gasteiger charge is 2.19. The number of hydrogen-bond donors (Lipinski definition) is 1. The normalized spacial score (nSPS) is 15.0. The van der Waals surface area contributed by atoms with Gasteiger partial charge in [0.05, 0.1) is 6.04 Å². The van der Waals surface area contributed by atoms with Crippen LogP contribution in [-0.4, -0.2) is 6.54 Å². The quantitative estimate of drug-likeness (QED) is 0.621. The van der Waals surface area contributed by atoms with Crippen LogP contribution >= 0.6 is 38.5 Å². The molecule has 0 saturated carbocycles. The topological polar surface area (TPSA) is 12.0 Å². The van der Waals surface area contributed by atoms with E-state index < -0.39 is 0 Å². The van der Waals surface area contributed by atoms with Gasteiger partial charge in [0, 0.05) is 8.04 Å². The molecule has 1 aliphatic carbocycles. The molecule has 0 bridgehead atoms. The summed E-state index contributed by atoms with van der Waals surface area (Å²) >= 11 is 6.04. The van der Waals surface area contributed by atoms with Crippen molar-refractivity contribution in [2.45, 2.75) is 32.2 Å². The number of fused-ring (bicyclic) bond motifs is 1. The van der Waals surface area contributed by atoms with E-state index in [1.807, 2.05) is 0 Å². The third-order valence-corrected chi connectivity index (χ3v) is 5.61. The van der Waals surface area contributed by atoms with Crippen LogP contribution in [0.2, 0.25) is 0 Å². The standard InChI is InChI=1S/C18H19BrIN/c1-2-21-18(16-11-15(19)8-9-17(16)20)14-7-6-12-4-3-5-13(12)10-14/h6-11,18,21H,2-5H2,1H3. The summed E-state index contributed by atoms with van der Waals surface area (Å²) in [6.45, 7) is 3.13. The molecule has 2 aromatic carbocycles. The lowest BCUT2D eigenvalue weighted by atomic mass is 9.95. The monoisotopic (exact) mass is 455 g/mol. The van der Waals surface area contributed by atoms with E-state index in [1.54, 1.807) is 5.56 Å². The number of aryl methyl sites for hydroxylation is 2. The van der Waals surface area contributed by atoms with Crippen molar-refractivity contribution in [2.75, 3.05) is 6.54 Å². The molecule has 0 aliphatic heterocycles. The zero-order valence-corrected chi connectivity index (χ0v) is 15.9. The van der Waals surface area contributed by atoms with E-state index in [2.05, 4.69) is 87.2 Å². The van der Waals surface area contributed by atoms with Crippen LogP contribution in [0.25, 0.3) is 0 Å². The number of hydrogen-bond acceptors (Lipinski definition) is 1. The molecule has 0 spiro atoms. The second-order valence-corrected chi connectivity index (χ2v) is 7.62. The van der Waals surface area contributed by atoms with E-state index in [-0.39, 0.29) is 6.04 Å². The van der Waals surface area contributed by atoms with Crippen molar-refractivity contribution in [2.24, 2.45) is 0 Å². The summed E-state index contributed by atoms with van der Waals surface area (Å²) in [4.78, 5) is 0. The van der Waals surface area contributed by atoms with Crippen molar-refractivity contribution >= 4 is 38.5 Å². The number of halogens is 2. The summed E-state index contributed by atoms with van der Waals surface area (Å²) in [6, 6.07) is 13.8. The molecular weight excluding hydrogens is 437 g/mol. The predicted octanol–water partition coefficient (Wildman–Crippen LogP) is 5.24. The summed E-state index contributed by atoms with van der Waals surface area (Å²) in [7, 11) is 0. The number of nitrogens with one attached hydrogen (secondary N) is 1. The Morgan fingerprint density at radius 1 is 1.14 bits per heavy atom. The van der Waals surface area contributed by atoms with E-state index in [9.17, 15) is 0 Å². The third-order valence-electron chi connectivity index (χ3n) is 4.13. The van der Waals surface area contributed by atoms with Gasteiger partial charge in [0.15, 0.2) is 0 Å². The molecule has 0 amide bonds. The van der Waals surface area contributed by atoms with Crippen LogP contribution in [-0.2, 0) is 12.8 Å². The third kappa shape index (κ3) is 3.35. The number of rotatable bonds is 4. The smallest absolute Gasteiger partial charge is 0.0587 e. The highest BCUT2D eigenvalue weighted by Crippen LogP contribution is 2.32. The van der Waals surface area contributed by atoms with E-state index in [4.69, 9.17) is 0 Å². The van der Waals surface area contributed by atoms with Crippen LogP contribution in [0.3, 0.4) is 0 Å². The van der Waals surface area contributed by atoms with Gasteiger partial charge in [-0.1, -0.05) is 41.1 Å². The largest absolute Gasteiger partial charge is 0.306 e. The molecule has 1 unspecified atom stereocenters. The van der Waals surface area contributed by atoms with E-state index in [0.717, 1.165) is 11.0 Å². The van der Waals surface area contributed by atoms with Crippen LogP contribution in [0.1, 0.15) is 41.6 Å². The van der Waals surface area contributed by atoms with Crippen molar-refractivity contribution < 1.29 is 0 Å². The average Bonchev–Trinajstić information content (AvgIpc) is 2.95. The Kier molecular flexibility index (Phi) is 5.02. The Balaban J connectivity index is 2.03. The van der Waals surface area contributed by atoms with Crippen molar-refractivity contribution in [1.82, 2.24) is 5.32 Å². The van der Waals surface area contributed by atoms with Gasteiger partial charge < -0.3 is 5.32 Å². The van der Waals surface area contributed by atoms with Crippen LogP contribution in [0.4, 0.5) is 0 Å². The van der Waals surface area contributed by atoms with E-state index in [1.165, 1.54) is 39.5 Å². The molecule has 0 aromatic heterocycles. The molecule has 1 N–H and O–H groups in total.